The Kier molecular flexibility index (Phi) is 5.64. The number of urea groups is 1. The van der Waals surface area contributed by atoms with Crippen molar-refractivity contribution in [1.29, 1.82) is 0 Å². The van der Waals surface area contributed by atoms with Gasteiger partial charge in [-0.2, -0.15) is 11.3 Å². The van der Waals surface area contributed by atoms with E-state index in [0.717, 1.165) is 13.0 Å². The van der Waals surface area contributed by atoms with E-state index < -0.39 is 0 Å². The van der Waals surface area contributed by atoms with Gasteiger partial charge in [-0.25, -0.2) is 4.79 Å². The Morgan fingerprint density at radius 1 is 1.69 bits per heavy atom. The van der Waals surface area contributed by atoms with Crippen LogP contribution >= 0.6 is 11.3 Å². The normalized spacial score (nSPS) is 9.81. The zero-order valence-corrected chi connectivity index (χ0v) is 10.4. The maximum atomic E-state index is 11.8. The summed E-state index contributed by atoms with van der Waals surface area (Å²) in [5, 5.41) is 6.90. The van der Waals surface area contributed by atoms with Crippen molar-refractivity contribution in [2.24, 2.45) is 0 Å². The minimum absolute atomic E-state index is 0.0204. The van der Waals surface area contributed by atoms with Gasteiger partial charge in [-0.1, -0.05) is 13.0 Å². The van der Waals surface area contributed by atoms with Crippen LogP contribution < -0.4 is 5.32 Å². The molecule has 0 aliphatic carbocycles. The summed E-state index contributed by atoms with van der Waals surface area (Å²) in [4.78, 5) is 13.6. The largest absolute Gasteiger partial charge is 0.335 e. The number of nitrogens with zero attached hydrogens (tertiary/aromatic N) is 1. The van der Waals surface area contributed by atoms with Crippen LogP contribution in [0.25, 0.3) is 0 Å². The molecule has 3 nitrogen and oxygen atoms in total. The molecule has 0 saturated heterocycles. The smallest absolute Gasteiger partial charge is 0.317 e. The zero-order valence-electron chi connectivity index (χ0n) is 9.61. The average molecular weight is 238 g/mol. The van der Waals surface area contributed by atoms with Crippen molar-refractivity contribution in [2.75, 3.05) is 13.1 Å². The molecule has 88 valence electrons. The van der Waals surface area contributed by atoms with E-state index in [1.807, 2.05) is 16.3 Å². The van der Waals surface area contributed by atoms with E-state index in [1.165, 1.54) is 5.56 Å². The number of carbonyl (C=O) groups excluding carboxylic acids is 1. The van der Waals surface area contributed by atoms with E-state index in [9.17, 15) is 4.79 Å². The quantitative estimate of drug-likeness (QED) is 0.759. The Labute approximate surface area is 101 Å². The summed E-state index contributed by atoms with van der Waals surface area (Å²) < 4.78 is 0. The van der Waals surface area contributed by atoms with Crippen molar-refractivity contribution in [3.05, 3.63) is 35.0 Å². The van der Waals surface area contributed by atoms with E-state index >= 15 is 0 Å². The lowest BCUT2D eigenvalue weighted by molar-refractivity contribution is 0.196. The second-order valence-electron chi connectivity index (χ2n) is 3.53. The van der Waals surface area contributed by atoms with E-state index in [0.29, 0.717) is 13.1 Å². The van der Waals surface area contributed by atoms with Crippen LogP contribution in [0.5, 0.6) is 0 Å². The number of hydrogen-bond donors (Lipinski definition) is 1. The molecule has 0 unspecified atom stereocenters. The fraction of sp³-hybridized carbons (Fsp3) is 0.417. The second-order valence-corrected chi connectivity index (χ2v) is 4.31. The number of thiophene rings is 1. The number of rotatable bonds is 6. The summed E-state index contributed by atoms with van der Waals surface area (Å²) in [7, 11) is 0. The Morgan fingerprint density at radius 2 is 2.50 bits per heavy atom. The summed E-state index contributed by atoms with van der Waals surface area (Å²) in [5.41, 5.74) is 1.19. The van der Waals surface area contributed by atoms with Crippen LogP contribution in [0, 0.1) is 0 Å². The van der Waals surface area contributed by atoms with E-state index in [-0.39, 0.29) is 6.03 Å². The van der Waals surface area contributed by atoms with Gasteiger partial charge in [0, 0.05) is 19.6 Å². The molecule has 1 aromatic heterocycles. The zero-order chi connectivity index (χ0) is 11.8. The molecule has 0 atom stereocenters. The number of amides is 2. The van der Waals surface area contributed by atoms with Crippen molar-refractivity contribution < 1.29 is 4.79 Å². The van der Waals surface area contributed by atoms with Crippen molar-refractivity contribution in [3.8, 4) is 0 Å². The van der Waals surface area contributed by atoms with Crippen LogP contribution in [0.1, 0.15) is 18.9 Å². The maximum Gasteiger partial charge on any atom is 0.317 e. The van der Waals surface area contributed by atoms with Gasteiger partial charge in [-0.15, -0.1) is 6.58 Å². The lowest BCUT2D eigenvalue weighted by Gasteiger charge is -2.21. The van der Waals surface area contributed by atoms with E-state index in [2.05, 4.69) is 24.2 Å². The summed E-state index contributed by atoms with van der Waals surface area (Å²) in [6, 6.07) is 2.03. The van der Waals surface area contributed by atoms with E-state index in [1.54, 1.807) is 17.4 Å². The van der Waals surface area contributed by atoms with Crippen LogP contribution in [0.3, 0.4) is 0 Å². The minimum Gasteiger partial charge on any atom is -0.335 e. The number of nitrogens with one attached hydrogen (secondary N) is 1. The third-order valence-corrected chi connectivity index (χ3v) is 2.86. The predicted octanol–water partition coefficient (Wildman–Crippen LogP) is 2.86. The summed E-state index contributed by atoms with van der Waals surface area (Å²) in [6.45, 7) is 7.63. The van der Waals surface area contributed by atoms with Crippen LogP contribution in [-0.4, -0.2) is 24.0 Å². The number of hydrogen-bond acceptors (Lipinski definition) is 2. The topological polar surface area (TPSA) is 32.3 Å². The maximum absolute atomic E-state index is 11.8. The Morgan fingerprint density at radius 3 is 3.06 bits per heavy atom. The fourth-order valence-corrected chi connectivity index (χ4v) is 2.06. The highest BCUT2D eigenvalue weighted by molar-refractivity contribution is 7.07. The molecule has 0 radical (unpaired) electrons. The first kappa shape index (κ1) is 12.8. The molecule has 16 heavy (non-hydrogen) atoms. The highest BCUT2D eigenvalue weighted by Gasteiger charge is 2.11. The SMILES string of the molecule is C=CCNC(=O)N(CCC)Cc1ccsc1. The van der Waals surface area contributed by atoms with Crippen molar-refractivity contribution in [3.63, 3.8) is 0 Å². The fourth-order valence-electron chi connectivity index (χ4n) is 1.40. The lowest BCUT2D eigenvalue weighted by atomic mass is 10.3. The summed E-state index contributed by atoms with van der Waals surface area (Å²) in [6.07, 6.45) is 2.65. The first-order valence-corrected chi connectivity index (χ1v) is 6.37. The third-order valence-electron chi connectivity index (χ3n) is 2.13. The highest BCUT2D eigenvalue weighted by atomic mass is 32.1. The van der Waals surface area contributed by atoms with Gasteiger partial charge in [0.25, 0.3) is 0 Å². The summed E-state index contributed by atoms with van der Waals surface area (Å²) in [5.74, 6) is 0. The molecule has 0 aliphatic heterocycles. The van der Waals surface area contributed by atoms with Crippen LogP contribution in [0.2, 0.25) is 0 Å². The molecule has 0 spiro atoms. The van der Waals surface area contributed by atoms with Gasteiger partial charge in [-0.3, -0.25) is 0 Å². The molecule has 2 amide bonds. The molecule has 1 rings (SSSR count). The monoisotopic (exact) mass is 238 g/mol. The van der Waals surface area contributed by atoms with Crippen LogP contribution in [0.4, 0.5) is 4.79 Å². The molecule has 1 heterocycles. The van der Waals surface area contributed by atoms with Crippen molar-refractivity contribution in [1.82, 2.24) is 10.2 Å². The predicted molar refractivity (Wildman–Crippen MR) is 68.6 cm³/mol. The van der Waals surface area contributed by atoms with Gasteiger partial charge in [0.2, 0.25) is 0 Å². The van der Waals surface area contributed by atoms with Crippen LogP contribution in [0.15, 0.2) is 29.5 Å². The summed E-state index contributed by atoms with van der Waals surface area (Å²) >= 11 is 1.65. The van der Waals surface area contributed by atoms with Crippen LogP contribution in [-0.2, 0) is 6.54 Å². The number of carbonyl (C=O) groups is 1. The Balaban J connectivity index is 2.52. The Bertz CT molecular complexity index is 322. The molecular formula is C12H18N2OS. The van der Waals surface area contributed by atoms with Gasteiger partial charge in [0.1, 0.15) is 0 Å². The average Bonchev–Trinajstić information content (AvgIpc) is 2.78. The lowest BCUT2D eigenvalue weighted by Crippen LogP contribution is -2.39. The molecule has 4 heteroatoms. The van der Waals surface area contributed by atoms with Gasteiger partial charge in [-0.05, 0) is 28.8 Å². The van der Waals surface area contributed by atoms with Gasteiger partial charge >= 0.3 is 6.03 Å². The third kappa shape index (κ3) is 4.06. The highest BCUT2D eigenvalue weighted by Crippen LogP contribution is 2.09. The van der Waals surface area contributed by atoms with E-state index in [4.69, 9.17) is 0 Å². The molecule has 0 bridgehead atoms. The van der Waals surface area contributed by atoms with Crippen molar-refractivity contribution >= 4 is 17.4 Å². The van der Waals surface area contributed by atoms with Crippen molar-refractivity contribution in [2.45, 2.75) is 19.9 Å². The molecule has 0 aromatic carbocycles. The molecule has 0 fully saturated rings. The molecular weight excluding hydrogens is 220 g/mol. The second kappa shape index (κ2) is 7.06. The standard InChI is InChI=1S/C12H18N2OS/c1-3-6-13-12(15)14(7-4-2)9-11-5-8-16-10-11/h3,5,8,10H,1,4,6-7,9H2,2H3,(H,13,15). The van der Waals surface area contributed by atoms with Gasteiger partial charge < -0.3 is 10.2 Å². The van der Waals surface area contributed by atoms with Gasteiger partial charge in [0.05, 0.1) is 0 Å². The first-order valence-electron chi connectivity index (χ1n) is 5.42. The molecule has 1 N–H and O–H groups in total. The minimum atomic E-state index is -0.0204. The molecule has 0 aliphatic rings. The molecule has 1 aromatic rings. The first-order chi connectivity index (χ1) is 7.77. The molecule has 0 saturated carbocycles. The van der Waals surface area contributed by atoms with Gasteiger partial charge in [0.15, 0.2) is 0 Å². The Hall–Kier alpha value is -1.29.